The molecule has 1 fully saturated rings. The summed E-state index contributed by atoms with van der Waals surface area (Å²) in [5, 5.41) is 0.778. The van der Waals surface area contributed by atoms with Crippen molar-refractivity contribution in [1.29, 1.82) is 0 Å². The molecular formula is C11H14ClN. The normalized spacial score (nSPS) is 28.5. The molecule has 1 nitrogen and oxygen atoms in total. The monoisotopic (exact) mass is 195 g/mol. The van der Waals surface area contributed by atoms with Gasteiger partial charge in [0.2, 0.25) is 0 Å². The molecule has 2 rings (SSSR count). The Labute approximate surface area is 83.9 Å². The Morgan fingerprint density at radius 2 is 1.92 bits per heavy atom. The third kappa shape index (κ3) is 1.87. The Balaban J connectivity index is 2.12. The van der Waals surface area contributed by atoms with E-state index in [9.17, 15) is 0 Å². The van der Waals surface area contributed by atoms with E-state index in [1.165, 1.54) is 12.0 Å². The summed E-state index contributed by atoms with van der Waals surface area (Å²) in [5.74, 6) is 1.48. The van der Waals surface area contributed by atoms with Crippen molar-refractivity contribution in [2.75, 3.05) is 0 Å². The van der Waals surface area contributed by atoms with Crippen LogP contribution < -0.4 is 5.73 Å². The first kappa shape index (κ1) is 9.04. The molecule has 0 spiro atoms. The number of rotatable bonds is 2. The molecule has 0 saturated heterocycles. The largest absolute Gasteiger partial charge is 0.324 e. The molecule has 0 aromatic heterocycles. The maximum Gasteiger partial charge on any atom is 0.0406 e. The van der Waals surface area contributed by atoms with Crippen molar-refractivity contribution in [3.05, 3.63) is 34.9 Å². The molecule has 3 unspecified atom stereocenters. The fourth-order valence-electron chi connectivity index (χ4n) is 1.78. The molecule has 70 valence electrons. The van der Waals surface area contributed by atoms with E-state index in [4.69, 9.17) is 17.3 Å². The van der Waals surface area contributed by atoms with Gasteiger partial charge < -0.3 is 5.73 Å². The Kier molecular flexibility index (Phi) is 2.31. The van der Waals surface area contributed by atoms with Gasteiger partial charge in [-0.3, -0.25) is 0 Å². The lowest BCUT2D eigenvalue weighted by molar-refractivity contribution is 0.593. The molecule has 1 aliphatic rings. The van der Waals surface area contributed by atoms with Crippen molar-refractivity contribution in [1.82, 2.24) is 0 Å². The molecule has 13 heavy (non-hydrogen) atoms. The van der Waals surface area contributed by atoms with Gasteiger partial charge in [0.05, 0.1) is 0 Å². The first-order chi connectivity index (χ1) is 6.18. The molecule has 1 saturated carbocycles. The van der Waals surface area contributed by atoms with Gasteiger partial charge in [0.15, 0.2) is 0 Å². The minimum absolute atomic E-state index is 0.201. The van der Waals surface area contributed by atoms with Crippen LogP contribution in [0.25, 0.3) is 0 Å². The fraction of sp³-hybridized carbons (Fsp3) is 0.455. The highest BCUT2D eigenvalue weighted by atomic mass is 35.5. The second-order valence-corrected chi connectivity index (χ2v) is 4.39. The van der Waals surface area contributed by atoms with Crippen molar-refractivity contribution in [3.63, 3.8) is 0 Å². The van der Waals surface area contributed by atoms with E-state index in [1.807, 2.05) is 24.3 Å². The Morgan fingerprint density at radius 1 is 1.38 bits per heavy atom. The van der Waals surface area contributed by atoms with Crippen LogP contribution in [-0.2, 0) is 0 Å². The lowest BCUT2D eigenvalue weighted by Gasteiger charge is -2.10. The molecule has 3 atom stereocenters. The summed E-state index contributed by atoms with van der Waals surface area (Å²) >= 11 is 5.80. The summed E-state index contributed by atoms with van der Waals surface area (Å²) in [6, 6.07) is 8.07. The second kappa shape index (κ2) is 3.32. The van der Waals surface area contributed by atoms with Crippen molar-refractivity contribution >= 4 is 11.6 Å². The lowest BCUT2D eigenvalue weighted by atomic mass is 10.0. The zero-order valence-electron chi connectivity index (χ0n) is 7.70. The topological polar surface area (TPSA) is 26.0 Å². The zero-order valence-corrected chi connectivity index (χ0v) is 8.46. The predicted molar refractivity (Wildman–Crippen MR) is 55.7 cm³/mol. The molecule has 0 bridgehead atoms. The molecule has 1 aromatic rings. The quantitative estimate of drug-likeness (QED) is 0.772. The van der Waals surface area contributed by atoms with Crippen LogP contribution in [0.4, 0.5) is 0 Å². The molecule has 0 heterocycles. The summed E-state index contributed by atoms with van der Waals surface area (Å²) in [6.07, 6.45) is 1.27. The fourth-order valence-corrected chi connectivity index (χ4v) is 1.91. The predicted octanol–water partition coefficient (Wildman–Crippen LogP) is 3.00. The van der Waals surface area contributed by atoms with Crippen LogP contribution in [0.1, 0.15) is 24.9 Å². The van der Waals surface area contributed by atoms with Crippen LogP contribution >= 0.6 is 11.6 Å². The maximum atomic E-state index is 6.10. The molecule has 0 aliphatic heterocycles. The van der Waals surface area contributed by atoms with Crippen LogP contribution in [0.3, 0.4) is 0 Å². The maximum absolute atomic E-state index is 6.10. The van der Waals surface area contributed by atoms with Crippen LogP contribution in [0.15, 0.2) is 24.3 Å². The highest BCUT2D eigenvalue weighted by Gasteiger charge is 2.38. The van der Waals surface area contributed by atoms with Crippen LogP contribution in [0.5, 0.6) is 0 Å². The number of nitrogens with two attached hydrogens (primary N) is 1. The minimum Gasteiger partial charge on any atom is -0.324 e. The van der Waals surface area contributed by atoms with E-state index < -0.39 is 0 Å². The van der Waals surface area contributed by atoms with E-state index in [0.29, 0.717) is 5.92 Å². The van der Waals surface area contributed by atoms with Gasteiger partial charge in [0.1, 0.15) is 0 Å². The second-order valence-electron chi connectivity index (χ2n) is 3.95. The average Bonchev–Trinajstić information content (AvgIpc) is 2.83. The van der Waals surface area contributed by atoms with Crippen molar-refractivity contribution < 1.29 is 0 Å². The number of halogens is 1. The summed E-state index contributed by atoms with van der Waals surface area (Å²) in [5.41, 5.74) is 7.30. The van der Waals surface area contributed by atoms with Gasteiger partial charge >= 0.3 is 0 Å². The van der Waals surface area contributed by atoms with Crippen molar-refractivity contribution in [2.24, 2.45) is 17.6 Å². The minimum atomic E-state index is 0.201. The van der Waals surface area contributed by atoms with Crippen molar-refractivity contribution in [2.45, 2.75) is 19.4 Å². The Hall–Kier alpha value is -0.530. The molecule has 0 radical (unpaired) electrons. The van der Waals surface area contributed by atoms with Crippen LogP contribution in [-0.4, -0.2) is 0 Å². The number of hydrogen-bond acceptors (Lipinski definition) is 1. The van der Waals surface area contributed by atoms with E-state index in [-0.39, 0.29) is 6.04 Å². The lowest BCUT2D eigenvalue weighted by Crippen LogP contribution is -2.13. The standard InChI is InChI=1S/C11H14ClN/c1-7-6-10(7)11(13)8-2-4-9(12)5-3-8/h2-5,7,10-11H,6,13H2,1H3. The van der Waals surface area contributed by atoms with Gasteiger partial charge in [-0.05, 0) is 36.0 Å². The van der Waals surface area contributed by atoms with E-state index in [0.717, 1.165) is 10.9 Å². The summed E-state index contributed by atoms with van der Waals surface area (Å²) < 4.78 is 0. The first-order valence-electron chi connectivity index (χ1n) is 4.69. The molecule has 1 aliphatic carbocycles. The zero-order chi connectivity index (χ0) is 9.42. The summed E-state index contributed by atoms with van der Waals surface area (Å²) in [4.78, 5) is 0. The van der Waals surface area contributed by atoms with Gasteiger partial charge in [-0.2, -0.15) is 0 Å². The van der Waals surface area contributed by atoms with E-state index >= 15 is 0 Å². The summed E-state index contributed by atoms with van der Waals surface area (Å²) in [6.45, 7) is 2.25. The SMILES string of the molecule is CC1CC1C(N)c1ccc(Cl)cc1. The van der Waals surface area contributed by atoms with E-state index in [2.05, 4.69) is 6.92 Å². The van der Waals surface area contributed by atoms with Gasteiger partial charge in [-0.1, -0.05) is 30.7 Å². The highest BCUT2D eigenvalue weighted by Crippen LogP contribution is 2.45. The highest BCUT2D eigenvalue weighted by molar-refractivity contribution is 6.30. The van der Waals surface area contributed by atoms with Crippen LogP contribution in [0.2, 0.25) is 5.02 Å². The molecule has 0 amide bonds. The summed E-state index contributed by atoms with van der Waals surface area (Å²) in [7, 11) is 0. The Morgan fingerprint density at radius 3 is 2.38 bits per heavy atom. The van der Waals surface area contributed by atoms with Gasteiger partial charge in [-0.25, -0.2) is 0 Å². The van der Waals surface area contributed by atoms with Gasteiger partial charge in [0, 0.05) is 11.1 Å². The number of benzene rings is 1. The molecule has 1 aromatic carbocycles. The molecule has 2 heteroatoms. The van der Waals surface area contributed by atoms with Gasteiger partial charge in [0.25, 0.3) is 0 Å². The van der Waals surface area contributed by atoms with E-state index in [1.54, 1.807) is 0 Å². The third-order valence-corrected chi connectivity index (χ3v) is 3.14. The first-order valence-corrected chi connectivity index (χ1v) is 5.07. The van der Waals surface area contributed by atoms with Gasteiger partial charge in [-0.15, -0.1) is 0 Å². The molecule has 2 N–H and O–H groups in total. The average molecular weight is 196 g/mol. The smallest absolute Gasteiger partial charge is 0.0406 e. The Bertz CT molecular complexity index is 293. The van der Waals surface area contributed by atoms with Crippen LogP contribution in [0, 0.1) is 11.8 Å². The number of hydrogen-bond donors (Lipinski definition) is 1. The molecular weight excluding hydrogens is 182 g/mol. The van der Waals surface area contributed by atoms with Crippen molar-refractivity contribution in [3.8, 4) is 0 Å². The third-order valence-electron chi connectivity index (χ3n) is 2.89.